The number of carbonyl (C=O) groups excluding carboxylic acids is 2. The lowest BCUT2D eigenvalue weighted by Gasteiger charge is -2.30. The van der Waals surface area contributed by atoms with Crippen molar-refractivity contribution in [1.29, 1.82) is 0 Å². The van der Waals surface area contributed by atoms with Gasteiger partial charge in [-0.15, -0.1) is 10.2 Å². The largest absolute Gasteiger partial charge is 0.447 e. The Kier molecular flexibility index (Phi) is 6.29. The fourth-order valence-electron chi connectivity index (χ4n) is 3.39. The number of hydrogen-bond acceptors (Lipinski definition) is 8. The van der Waals surface area contributed by atoms with Crippen molar-refractivity contribution in [3.05, 3.63) is 53.1 Å². The quantitative estimate of drug-likeness (QED) is 0.308. The standard InChI is InChI=1S/C22H19ClN4O4S/c1-4-32-22-24-20-19(25-26-22)15-7-5-6-8-18(15)27(12(2)28)21(31-20)16-11-14(30-13(3)29)9-10-17(16)23/h5-11,21H,4H2,1-3H3/t21-/m0/s1. The Balaban J connectivity index is 1.94. The summed E-state index contributed by atoms with van der Waals surface area (Å²) < 4.78 is 11.5. The Morgan fingerprint density at radius 2 is 1.97 bits per heavy atom. The highest BCUT2D eigenvalue weighted by Crippen LogP contribution is 2.44. The molecule has 0 saturated carbocycles. The second kappa shape index (κ2) is 9.13. The summed E-state index contributed by atoms with van der Waals surface area (Å²) in [6.45, 7) is 4.72. The molecule has 1 aliphatic rings. The Bertz CT molecular complexity index is 1210. The van der Waals surface area contributed by atoms with Crippen LogP contribution in [0.2, 0.25) is 5.02 Å². The molecule has 3 aromatic rings. The van der Waals surface area contributed by atoms with Crippen molar-refractivity contribution in [2.45, 2.75) is 32.2 Å². The molecule has 164 valence electrons. The lowest BCUT2D eigenvalue weighted by atomic mass is 10.1. The summed E-state index contributed by atoms with van der Waals surface area (Å²) in [6.07, 6.45) is -0.978. The number of fused-ring (bicyclic) bond motifs is 3. The normalized spacial score (nSPS) is 14.6. The lowest BCUT2D eigenvalue weighted by Crippen LogP contribution is -2.36. The van der Waals surface area contributed by atoms with Crippen LogP contribution in [0.1, 0.15) is 32.6 Å². The van der Waals surface area contributed by atoms with Crippen LogP contribution in [0.3, 0.4) is 0 Å². The molecule has 2 heterocycles. The maximum Gasteiger partial charge on any atom is 0.308 e. The van der Waals surface area contributed by atoms with Gasteiger partial charge in [0.2, 0.25) is 23.2 Å². The molecule has 0 spiro atoms. The Hall–Kier alpha value is -3.17. The van der Waals surface area contributed by atoms with E-state index in [9.17, 15) is 9.59 Å². The van der Waals surface area contributed by atoms with Crippen LogP contribution >= 0.6 is 23.4 Å². The summed E-state index contributed by atoms with van der Waals surface area (Å²) in [6, 6.07) is 12.0. The maximum absolute atomic E-state index is 12.8. The van der Waals surface area contributed by atoms with Gasteiger partial charge in [-0.25, -0.2) is 0 Å². The number of rotatable bonds is 4. The second-order valence-electron chi connectivity index (χ2n) is 6.83. The van der Waals surface area contributed by atoms with Crippen LogP contribution in [-0.2, 0) is 9.59 Å². The van der Waals surface area contributed by atoms with Crippen LogP contribution in [0.4, 0.5) is 5.69 Å². The van der Waals surface area contributed by atoms with Gasteiger partial charge in [-0.3, -0.25) is 14.5 Å². The third-order valence-electron chi connectivity index (χ3n) is 4.62. The van der Waals surface area contributed by atoms with Crippen LogP contribution in [0.5, 0.6) is 11.6 Å². The van der Waals surface area contributed by atoms with Gasteiger partial charge < -0.3 is 9.47 Å². The fraction of sp³-hybridized carbons (Fsp3) is 0.227. The molecule has 32 heavy (non-hydrogen) atoms. The molecule has 2 aromatic carbocycles. The smallest absolute Gasteiger partial charge is 0.308 e. The second-order valence-corrected chi connectivity index (χ2v) is 8.47. The number of hydrogen-bond donors (Lipinski definition) is 0. The summed E-state index contributed by atoms with van der Waals surface area (Å²) in [5.41, 5.74) is 2.08. The van der Waals surface area contributed by atoms with E-state index in [2.05, 4.69) is 15.2 Å². The predicted octanol–water partition coefficient (Wildman–Crippen LogP) is 4.67. The van der Waals surface area contributed by atoms with Crippen molar-refractivity contribution in [2.24, 2.45) is 0 Å². The minimum Gasteiger partial charge on any atom is -0.447 e. The Morgan fingerprint density at radius 1 is 1.19 bits per heavy atom. The van der Waals surface area contributed by atoms with E-state index in [4.69, 9.17) is 21.1 Å². The molecule has 0 bridgehead atoms. The third-order valence-corrected chi connectivity index (χ3v) is 5.68. The molecule has 4 rings (SSSR count). The number of benzene rings is 2. The number of ether oxygens (including phenoxy) is 2. The van der Waals surface area contributed by atoms with Crippen molar-refractivity contribution in [3.8, 4) is 22.9 Å². The SMILES string of the molecule is CCSc1nnc2c(n1)O[C@@H](c1cc(OC(C)=O)ccc1Cl)N(C(C)=O)c1ccccc1-2. The molecular weight excluding hydrogens is 452 g/mol. The van der Waals surface area contributed by atoms with Gasteiger partial charge in [0, 0.05) is 30.0 Å². The first-order valence-corrected chi connectivity index (χ1v) is 11.2. The topological polar surface area (TPSA) is 94.5 Å². The Morgan fingerprint density at radius 3 is 2.69 bits per heavy atom. The van der Waals surface area contributed by atoms with Crippen molar-refractivity contribution >= 4 is 40.9 Å². The third kappa shape index (κ3) is 4.26. The monoisotopic (exact) mass is 470 g/mol. The summed E-state index contributed by atoms with van der Waals surface area (Å²) >= 11 is 7.94. The summed E-state index contributed by atoms with van der Waals surface area (Å²) in [5.74, 6) is 0.518. The van der Waals surface area contributed by atoms with Gasteiger partial charge in [-0.1, -0.05) is 48.5 Å². The molecule has 10 heteroatoms. The van der Waals surface area contributed by atoms with Gasteiger partial charge in [-0.05, 0) is 30.0 Å². The highest BCUT2D eigenvalue weighted by atomic mass is 35.5. The first kappa shape index (κ1) is 22.0. The average molecular weight is 471 g/mol. The molecule has 0 N–H and O–H groups in total. The zero-order chi connectivity index (χ0) is 22.8. The number of carbonyl (C=O) groups is 2. The van der Waals surface area contributed by atoms with E-state index >= 15 is 0 Å². The van der Waals surface area contributed by atoms with Gasteiger partial charge in [0.15, 0.2) is 5.69 Å². The number of halogens is 1. The maximum atomic E-state index is 12.8. The van der Waals surface area contributed by atoms with Gasteiger partial charge in [-0.2, -0.15) is 4.98 Å². The molecule has 1 atom stereocenters. The van der Waals surface area contributed by atoms with E-state index in [-0.39, 0.29) is 17.5 Å². The number of para-hydroxylation sites is 1. The lowest BCUT2D eigenvalue weighted by molar-refractivity contribution is -0.131. The minimum atomic E-state index is -0.978. The number of esters is 1. The molecule has 0 unspecified atom stereocenters. The predicted molar refractivity (Wildman–Crippen MR) is 121 cm³/mol. The number of anilines is 1. The molecule has 0 aliphatic carbocycles. The van der Waals surface area contributed by atoms with Crippen LogP contribution in [0.15, 0.2) is 47.6 Å². The van der Waals surface area contributed by atoms with Crippen molar-refractivity contribution in [3.63, 3.8) is 0 Å². The molecule has 1 aliphatic heterocycles. The zero-order valence-electron chi connectivity index (χ0n) is 17.5. The summed E-state index contributed by atoms with van der Waals surface area (Å²) in [4.78, 5) is 30.3. The molecule has 0 saturated heterocycles. The van der Waals surface area contributed by atoms with Crippen molar-refractivity contribution in [2.75, 3.05) is 10.7 Å². The van der Waals surface area contributed by atoms with E-state index in [1.165, 1.54) is 30.5 Å². The van der Waals surface area contributed by atoms with Crippen molar-refractivity contribution in [1.82, 2.24) is 15.2 Å². The first-order chi connectivity index (χ1) is 15.4. The van der Waals surface area contributed by atoms with E-state index < -0.39 is 12.2 Å². The Labute approximate surface area is 193 Å². The highest BCUT2D eigenvalue weighted by molar-refractivity contribution is 7.99. The number of amides is 1. The molecule has 0 fully saturated rings. The number of aromatic nitrogens is 3. The van der Waals surface area contributed by atoms with Crippen LogP contribution in [0.25, 0.3) is 11.3 Å². The van der Waals surface area contributed by atoms with Gasteiger partial charge in [0.05, 0.1) is 5.69 Å². The zero-order valence-corrected chi connectivity index (χ0v) is 19.1. The fourth-order valence-corrected chi connectivity index (χ4v) is 4.10. The molecule has 1 amide bonds. The van der Waals surface area contributed by atoms with E-state index in [1.54, 1.807) is 24.3 Å². The molecule has 1 aromatic heterocycles. The van der Waals surface area contributed by atoms with Gasteiger partial charge in [0.1, 0.15) is 5.75 Å². The first-order valence-electron chi connectivity index (χ1n) is 9.80. The van der Waals surface area contributed by atoms with E-state index in [0.29, 0.717) is 32.7 Å². The van der Waals surface area contributed by atoms with Gasteiger partial charge >= 0.3 is 5.97 Å². The van der Waals surface area contributed by atoms with Crippen LogP contribution in [-0.4, -0.2) is 32.8 Å². The average Bonchev–Trinajstić information content (AvgIpc) is 2.89. The van der Waals surface area contributed by atoms with Crippen molar-refractivity contribution < 1.29 is 19.1 Å². The van der Waals surface area contributed by atoms with Crippen LogP contribution < -0.4 is 14.4 Å². The van der Waals surface area contributed by atoms with Crippen LogP contribution in [0, 0.1) is 0 Å². The van der Waals surface area contributed by atoms with Gasteiger partial charge in [0.25, 0.3) is 0 Å². The number of nitrogens with zero attached hydrogens (tertiary/aromatic N) is 4. The minimum absolute atomic E-state index is 0.228. The summed E-state index contributed by atoms with van der Waals surface area (Å²) in [5, 5.41) is 9.32. The number of thioether (sulfide) groups is 1. The summed E-state index contributed by atoms with van der Waals surface area (Å²) in [7, 11) is 0. The molecule has 8 nitrogen and oxygen atoms in total. The van der Waals surface area contributed by atoms with E-state index in [0.717, 1.165) is 5.75 Å². The highest BCUT2D eigenvalue weighted by Gasteiger charge is 2.35. The van der Waals surface area contributed by atoms with E-state index in [1.807, 2.05) is 25.1 Å². The molecule has 0 radical (unpaired) electrons. The molecular formula is C22H19ClN4O4S.